The van der Waals surface area contributed by atoms with Crippen LogP contribution in [0.25, 0.3) is 5.70 Å². The Bertz CT molecular complexity index is 755. The van der Waals surface area contributed by atoms with E-state index in [0.29, 0.717) is 6.42 Å². The minimum atomic E-state index is 0.133. The fourth-order valence-corrected chi connectivity index (χ4v) is 3.49. The Morgan fingerprint density at radius 3 is 2.57 bits per heavy atom. The standard InChI is InChI=1S/C19H17NO/c1-12-6-8-13(9-7-12)18-14-4-2-3-5-15(14)19-16(18)10-11-17(21)20-19/h2-9,18H,10-11H2,1H3,(H,20,21)/t18-/m1/s1. The highest BCUT2D eigenvalue weighted by molar-refractivity contribution is 5.94. The molecule has 2 aromatic rings. The SMILES string of the molecule is Cc1ccc([C@H]2C3=C(NC(=O)CC3)c3ccccc32)cc1. The van der Waals surface area contributed by atoms with E-state index in [4.69, 9.17) is 0 Å². The van der Waals surface area contributed by atoms with E-state index in [1.165, 1.54) is 27.8 Å². The second kappa shape index (κ2) is 4.59. The highest BCUT2D eigenvalue weighted by atomic mass is 16.1. The van der Waals surface area contributed by atoms with E-state index < -0.39 is 0 Å². The zero-order valence-electron chi connectivity index (χ0n) is 12.0. The molecule has 0 unspecified atom stereocenters. The molecule has 1 aliphatic heterocycles. The number of nitrogens with one attached hydrogen (secondary N) is 1. The summed E-state index contributed by atoms with van der Waals surface area (Å²) in [5.74, 6) is 0.422. The molecule has 4 rings (SSSR count). The van der Waals surface area contributed by atoms with Gasteiger partial charge in [-0.25, -0.2) is 0 Å². The van der Waals surface area contributed by atoms with Crippen LogP contribution in [-0.4, -0.2) is 5.91 Å². The summed E-state index contributed by atoms with van der Waals surface area (Å²) in [6.07, 6.45) is 1.45. The Labute approximate surface area is 124 Å². The fourth-order valence-electron chi connectivity index (χ4n) is 3.49. The lowest BCUT2D eigenvalue weighted by molar-refractivity contribution is -0.120. The number of benzene rings is 2. The van der Waals surface area contributed by atoms with E-state index in [9.17, 15) is 4.79 Å². The number of hydrogen-bond acceptors (Lipinski definition) is 1. The monoisotopic (exact) mass is 275 g/mol. The van der Waals surface area contributed by atoms with Crippen LogP contribution in [0, 0.1) is 6.92 Å². The van der Waals surface area contributed by atoms with Gasteiger partial charge in [0.1, 0.15) is 0 Å². The molecule has 0 aromatic heterocycles. The van der Waals surface area contributed by atoms with Crippen molar-refractivity contribution in [3.05, 3.63) is 76.4 Å². The molecule has 104 valence electrons. The van der Waals surface area contributed by atoms with Crippen LogP contribution >= 0.6 is 0 Å². The fraction of sp³-hybridized carbons (Fsp3) is 0.211. The minimum absolute atomic E-state index is 0.133. The van der Waals surface area contributed by atoms with E-state index >= 15 is 0 Å². The van der Waals surface area contributed by atoms with Gasteiger partial charge in [-0.2, -0.15) is 0 Å². The first-order valence-electron chi connectivity index (χ1n) is 7.43. The summed E-state index contributed by atoms with van der Waals surface area (Å²) in [7, 11) is 0. The number of fused-ring (bicyclic) bond motifs is 2. The van der Waals surface area contributed by atoms with Crippen LogP contribution in [0.4, 0.5) is 0 Å². The quantitative estimate of drug-likeness (QED) is 0.843. The summed E-state index contributed by atoms with van der Waals surface area (Å²) >= 11 is 0. The van der Waals surface area contributed by atoms with Gasteiger partial charge in [0.25, 0.3) is 0 Å². The maximum Gasteiger partial charge on any atom is 0.224 e. The van der Waals surface area contributed by atoms with Crippen molar-refractivity contribution in [1.29, 1.82) is 0 Å². The second-order valence-corrected chi connectivity index (χ2v) is 5.88. The van der Waals surface area contributed by atoms with Crippen molar-refractivity contribution in [2.75, 3.05) is 0 Å². The van der Waals surface area contributed by atoms with Gasteiger partial charge in [-0.15, -0.1) is 0 Å². The average Bonchev–Trinajstić information content (AvgIpc) is 2.82. The molecule has 0 fully saturated rings. The lowest BCUT2D eigenvalue weighted by Gasteiger charge is -2.21. The van der Waals surface area contributed by atoms with E-state index in [0.717, 1.165) is 12.1 Å². The summed E-state index contributed by atoms with van der Waals surface area (Å²) in [5, 5.41) is 3.09. The van der Waals surface area contributed by atoms with Crippen LogP contribution in [0.15, 0.2) is 54.1 Å². The van der Waals surface area contributed by atoms with Crippen LogP contribution < -0.4 is 5.32 Å². The zero-order valence-corrected chi connectivity index (χ0v) is 12.0. The molecule has 1 amide bonds. The third kappa shape index (κ3) is 1.90. The lowest BCUT2D eigenvalue weighted by atomic mass is 9.86. The summed E-state index contributed by atoms with van der Waals surface area (Å²) in [6, 6.07) is 17.2. The Morgan fingerprint density at radius 2 is 1.76 bits per heavy atom. The van der Waals surface area contributed by atoms with Crippen molar-refractivity contribution in [2.45, 2.75) is 25.7 Å². The molecule has 1 heterocycles. The van der Waals surface area contributed by atoms with Gasteiger partial charge in [-0.3, -0.25) is 4.79 Å². The zero-order chi connectivity index (χ0) is 14.4. The maximum atomic E-state index is 11.8. The lowest BCUT2D eigenvalue weighted by Crippen LogP contribution is -2.26. The third-order valence-electron chi connectivity index (χ3n) is 4.51. The molecule has 2 aliphatic rings. The van der Waals surface area contributed by atoms with Crippen LogP contribution in [0.3, 0.4) is 0 Å². The summed E-state index contributed by atoms with van der Waals surface area (Å²) in [4.78, 5) is 11.8. The largest absolute Gasteiger partial charge is 0.326 e. The second-order valence-electron chi connectivity index (χ2n) is 5.88. The Hall–Kier alpha value is -2.35. The molecule has 0 radical (unpaired) electrons. The van der Waals surface area contributed by atoms with Crippen LogP contribution in [-0.2, 0) is 4.79 Å². The normalized spacial score (nSPS) is 20.0. The van der Waals surface area contributed by atoms with E-state index in [1.807, 2.05) is 6.07 Å². The van der Waals surface area contributed by atoms with Gasteiger partial charge >= 0.3 is 0 Å². The first-order chi connectivity index (χ1) is 10.2. The first-order valence-corrected chi connectivity index (χ1v) is 7.43. The van der Waals surface area contributed by atoms with Gasteiger partial charge < -0.3 is 5.32 Å². The maximum absolute atomic E-state index is 11.8. The van der Waals surface area contributed by atoms with Crippen molar-refractivity contribution >= 4 is 11.6 Å². The van der Waals surface area contributed by atoms with Gasteiger partial charge in [-0.1, -0.05) is 54.1 Å². The van der Waals surface area contributed by atoms with Crippen molar-refractivity contribution in [3.63, 3.8) is 0 Å². The highest BCUT2D eigenvalue weighted by Gasteiger charge is 2.35. The van der Waals surface area contributed by atoms with Crippen molar-refractivity contribution < 1.29 is 4.79 Å². The summed E-state index contributed by atoms with van der Waals surface area (Å²) in [5.41, 5.74) is 7.50. The number of rotatable bonds is 1. The molecule has 0 saturated heterocycles. The molecule has 1 N–H and O–H groups in total. The van der Waals surface area contributed by atoms with Crippen molar-refractivity contribution in [1.82, 2.24) is 5.32 Å². The average molecular weight is 275 g/mol. The van der Waals surface area contributed by atoms with E-state index in [-0.39, 0.29) is 11.8 Å². The van der Waals surface area contributed by atoms with Gasteiger partial charge in [0.2, 0.25) is 5.91 Å². The first kappa shape index (κ1) is 12.4. The molecule has 1 aliphatic carbocycles. The Kier molecular flexibility index (Phi) is 2.71. The Balaban J connectivity index is 1.90. The van der Waals surface area contributed by atoms with Crippen LogP contribution in [0.2, 0.25) is 0 Å². The smallest absolute Gasteiger partial charge is 0.224 e. The summed E-state index contributed by atoms with van der Waals surface area (Å²) < 4.78 is 0. The van der Waals surface area contributed by atoms with E-state index in [1.54, 1.807) is 0 Å². The van der Waals surface area contributed by atoms with Gasteiger partial charge in [0, 0.05) is 23.6 Å². The van der Waals surface area contributed by atoms with Crippen molar-refractivity contribution in [2.24, 2.45) is 0 Å². The van der Waals surface area contributed by atoms with E-state index in [2.05, 4.69) is 54.7 Å². The van der Waals surface area contributed by atoms with Crippen LogP contribution in [0.5, 0.6) is 0 Å². The molecule has 2 heteroatoms. The Morgan fingerprint density at radius 1 is 1.00 bits per heavy atom. The molecule has 0 spiro atoms. The predicted octanol–water partition coefficient (Wildman–Crippen LogP) is 3.76. The molecule has 0 bridgehead atoms. The molecule has 2 aromatic carbocycles. The minimum Gasteiger partial charge on any atom is -0.326 e. The molecule has 2 nitrogen and oxygen atoms in total. The van der Waals surface area contributed by atoms with Gasteiger partial charge in [0.05, 0.1) is 0 Å². The molecular formula is C19H17NO. The molecule has 0 saturated carbocycles. The van der Waals surface area contributed by atoms with Crippen molar-refractivity contribution in [3.8, 4) is 0 Å². The molecule has 21 heavy (non-hydrogen) atoms. The van der Waals surface area contributed by atoms with Gasteiger partial charge in [0.15, 0.2) is 0 Å². The number of carbonyl (C=O) groups excluding carboxylic acids is 1. The predicted molar refractivity (Wildman–Crippen MR) is 83.8 cm³/mol. The summed E-state index contributed by atoms with van der Waals surface area (Å²) in [6.45, 7) is 2.11. The van der Waals surface area contributed by atoms with Crippen LogP contribution in [0.1, 0.15) is 41.0 Å². The number of carbonyl (C=O) groups is 1. The third-order valence-corrected chi connectivity index (χ3v) is 4.51. The number of aryl methyl sites for hydroxylation is 1. The number of allylic oxidation sites excluding steroid dienone is 1. The topological polar surface area (TPSA) is 29.1 Å². The van der Waals surface area contributed by atoms with Gasteiger partial charge in [-0.05, 0) is 30.0 Å². The number of hydrogen-bond donors (Lipinski definition) is 1. The molecular weight excluding hydrogens is 258 g/mol. The molecule has 1 atom stereocenters. The highest BCUT2D eigenvalue weighted by Crippen LogP contribution is 2.47. The number of amides is 1.